The zero-order valence-electron chi connectivity index (χ0n) is 8.54. The molecule has 13 heavy (non-hydrogen) atoms. The van der Waals surface area contributed by atoms with Gasteiger partial charge in [-0.1, -0.05) is 11.6 Å². The summed E-state index contributed by atoms with van der Waals surface area (Å²) < 4.78 is 25.7. The van der Waals surface area contributed by atoms with Crippen molar-refractivity contribution in [1.29, 1.82) is 0 Å². The fourth-order valence-electron chi connectivity index (χ4n) is 0.847. The van der Waals surface area contributed by atoms with Gasteiger partial charge in [0.2, 0.25) is 0 Å². The summed E-state index contributed by atoms with van der Waals surface area (Å²) in [5.41, 5.74) is 1.30. The van der Waals surface area contributed by atoms with Crippen LogP contribution in [0.25, 0.3) is 0 Å². The van der Waals surface area contributed by atoms with Gasteiger partial charge in [-0.25, -0.2) is 0 Å². The van der Waals surface area contributed by atoms with Gasteiger partial charge in [-0.3, -0.25) is 4.18 Å². The average Bonchev–Trinajstić information content (AvgIpc) is 1.93. The van der Waals surface area contributed by atoms with Crippen molar-refractivity contribution >= 4 is 10.1 Å². The zero-order valence-corrected chi connectivity index (χ0v) is 9.36. The quantitative estimate of drug-likeness (QED) is 0.380. The molecule has 0 aromatic carbocycles. The van der Waals surface area contributed by atoms with Crippen molar-refractivity contribution in [1.82, 2.24) is 0 Å². The van der Waals surface area contributed by atoms with Crippen LogP contribution in [-0.4, -0.2) is 21.3 Å². The maximum Gasteiger partial charge on any atom is 0.264 e. The van der Waals surface area contributed by atoms with Gasteiger partial charge in [0.05, 0.1) is 12.9 Å². The summed E-state index contributed by atoms with van der Waals surface area (Å²) >= 11 is 0. The fourth-order valence-corrected chi connectivity index (χ4v) is 1.27. The third kappa shape index (κ3) is 11.7. The second-order valence-corrected chi connectivity index (χ2v) is 4.95. The molecule has 0 saturated heterocycles. The predicted molar refractivity (Wildman–Crippen MR) is 54.1 cm³/mol. The Balaban J connectivity index is 3.33. The van der Waals surface area contributed by atoms with Crippen molar-refractivity contribution < 1.29 is 12.6 Å². The normalized spacial score (nSPS) is 11.3. The lowest BCUT2D eigenvalue weighted by atomic mass is 10.2. The Bertz CT molecular complexity index is 248. The SMILES string of the molecule is CC(C)=CCCCCOS(C)(=O)=O. The Morgan fingerprint density at radius 3 is 2.38 bits per heavy atom. The monoisotopic (exact) mass is 206 g/mol. The molecule has 0 spiro atoms. The molecule has 0 amide bonds. The third-order valence-corrected chi connectivity index (χ3v) is 2.04. The number of hydrogen-bond acceptors (Lipinski definition) is 3. The van der Waals surface area contributed by atoms with Gasteiger partial charge in [0.1, 0.15) is 0 Å². The summed E-state index contributed by atoms with van der Waals surface area (Å²) in [7, 11) is -3.24. The van der Waals surface area contributed by atoms with Gasteiger partial charge in [0, 0.05) is 0 Å². The van der Waals surface area contributed by atoms with Crippen molar-refractivity contribution in [2.45, 2.75) is 33.1 Å². The number of allylic oxidation sites excluding steroid dienone is 2. The molecule has 0 aromatic rings. The number of hydrogen-bond donors (Lipinski definition) is 0. The standard InChI is InChI=1S/C9H18O3S/c1-9(2)7-5-4-6-8-12-13(3,10)11/h7H,4-6,8H2,1-3H3. The van der Waals surface area contributed by atoms with Crippen molar-refractivity contribution in [3.8, 4) is 0 Å². The Hall–Kier alpha value is -0.350. The second kappa shape index (κ2) is 6.16. The van der Waals surface area contributed by atoms with Crippen LogP contribution in [0, 0.1) is 0 Å². The van der Waals surface area contributed by atoms with Crippen LogP contribution in [0.1, 0.15) is 33.1 Å². The Kier molecular flexibility index (Phi) is 5.99. The van der Waals surface area contributed by atoms with Gasteiger partial charge in [-0.15, -0.1) is 0 Å². The minimum atomic E-state index is -3.24. The van der Waals surface area contributed by atoms with Gasteiger partial charge in [0.25, 0.3) is 10.1 Å². The van der Waals surface area contributed by atoms with Gasteiger partial charge in [-0.2, -0.15) is 8.42 Å². The van der Waals surface area contributed by atoms with E-state index in [0.717, 1.165) is 25.5 Å². The molecular formula is C9H18O3S. The highest BCUT2D eigenvalue weighted by atomic mass is 32.2. The van der Waals surface area contributed by atoms with E-state index in [2.05, 4.69) is 10.3 Å². The van der Waals surface area contributed by atoms with E-state index < -0.39 is 10.1 Å². The number of unbranched alkanes of at least 4 members (excludes halogenated alkanes) is 2. The summed E-state index contributed by atoms with van der Waals surface area (Å²) in [4.78, 5) is 0. The topological polar surface area (TPSA) is 43.4 Å². The first-order valence-electron chi connectivity index (χ1n) is 4.39. The van der Waals surface area contributed by atoms with Crippen molar-refractivity contribution in [2.24, 2.45) is 0 Å². The Labute approximate surface area is 80.9 Å². The average molecular weight is 206 g/mol. The highest BCUT2D eigenvalue weighted by Gasteiger charge is 1.99. The van der Waals surface area contributed by atoms with Crippen LogP contribution in [0.5, 0.6) is 0 Å². The predicted octanol–water partition coefficient (Wildman–Crippen LogP) is 2.10. The molecule has 0 N–H and O–H groups in total. The molecule has 0 fully saturated rings. The molecule has 0 aliphatic heterocycles. The zero-order chi connectivity index (χ0) is 10.3. The van der Waals surface area contributed by atoms with Crippen molar-refractivity contribution in [2.75, 3.05) is 12.9 Å². The van der Waals surface area contributed by atoms with Crippen LogP contribution < -0.4 is 0 Å². The second-order valence-electron chi connectivity index (χ2n) is 3.30. The number of rotatable bonds is 6. The molecule has 0 aromatic heterocycles. The van der Waals surface area contributed by atoms with E-state index in [1.807, 2.05) is 13.8 Å². The lowest BCUT2D eigenvalue weighted by molar-refractivity contribution is 0.312. The summed E-state index contributed by atoms with van der Waals surface area (Å²) in [6, 6.07) is 0. The largest absolute Gasteiger partial charge is 0.270 e. The molecule has 0 rings (SSSR count). The van der Waals surface area contributed by atoms with E-state index in [-0.39, 0.29) is 0 Å². The maximum absolute atomic E-state index is 10.5. The minimum Gasteiger partial charge on any atom is -0.270 e. The molecular weight excluding hydrogens is 188 g/mol. The molecule has 78 valence electrons. The summed E-state index contributed by atoms with van der Waals surface area (Å²) in [6.07, 6.45) is 5.97. The van der Waals surface area contributed by atoms with Crippen LogP contribution >= 0.6 is 0 Å². The van der Waals surface area contributed by atoms with E-state index >= 15 is 0 Å². The highest BCUT2D eigenvalue weighted by Crippen LogP contribution is 2.01. The molecule has 4 heteroatoms. The van der Waals surface area contributed by atoms with Gasteiger partial charge in [-0.05, 0) is 33.1 Å². The van der Waals surface area contributed by atoms with E-state index in [9.17, 15) is 8.42 Å². The van der Waals surface area contributed by atoms with Gasteiger partial charge < -0.3 is 0 Å². The molecule has 3 nitrogen and oxygen atoms in total. The molecule has 0 heterocycles. The smallest absolute Gasteiger partial charge is 0.264 e. The first-order valence-corrected chi connectivity index (χ1v) is 6.21. The van der Waals surface area contributed by atoms with Gasteiger partial charge in [0.15, 0.2) is 0 Å². The van der Waals surface area contributed by atoms with Crippen LogP contribution in [0.15, 0.2) is 11.6 Å². The fraction of sp³-hybridized carbons (Fsp3) is 0.778. The van der Waals surface area contributed by atoms with E-state index in [1.54, 1.807) is 0 Å². The summed E-state index contributed by atoms with van der Waals surface area (Å²) in [5, 5.41) is 0. The molecule has 0 radical (unpaired) electrons. The molecule has 0 aliphatic rings. The lowest BCUT2D eigenvalue weighted by Gasteiger charge is -1.99. The highest BCUT2D eigenvalue weighted by molar-refractivity contribution is 7.85. The Morgan fingerprint density at radius 1 is 1.31 bits per heavy atom. The van der Waals surface area contributed by atoms with Crippen LogP contribution in [0.4, 0.5) is 0 Å². The minimum absolute atomic E-state index is 0.301. The van der Waals surface area contributed by atoms with Gasteiger partial charge >= 0.3 is 0 Å². The lowest BCUT2D eigenvalue weighted by Crippen LogP contribution is -2.03. The first-order chi connectivity index (χ1) is 5.92. The summed E-state index contributed by atoms with van der Waals surface area (Å²) in [5.74, 6) is 0. The third-order valence-electron chi connectivity index (χ3n) is 1.45. The maximum atomic E-state index is 10.5. The first kappa shape index (κ1) is 12.7. The van der Waals surface area contributed by atoms with Crippen LogP contribution in [-0.2, 0) is 14.3 Å². The van der Waals surface area contributed by atoms with Crippen LogP contribution in [0.2, 0.25) is 0 Å². The molecule has 0 saturated carbocycles. The Morgan fingerprint density at radius 2 is 1.92 bits per heavy atom. The molecule has 0 atom stereocenters. The van der Waals surface area contributed by atoms with Crippen LogP contribution in [0.3, 0.4) is 0 Å². The van der Waals surface area contributed by atoms with E-state index in [1.165, 1.54) is 5.57 Å². The molecule has 0 bridgehead atoms. The van der Waals surface area contributed by atoms with E-state index in [0.29, 0.717) is 6.61 Å². The summed E-state index contributed by atoms with van der Waals surface area (Å²) in [6.45, 7) is 4.40. The van der Waals surface area contributed by atoms with E-state index in [4.69, 9.17) is 0 Å². The van der Waals surface area contributed by atoms with Crippen molar-refractivity contribution in [3.05, 3.63) is 11.6 Å². The molecule has 0 aliphatic carbocycles. The van der Waals surface area contributed by atoms with Crippen molar-refractivity contribution in [3.63, 3.8) is 0 Å². The molecule has 0 unspecified atom stereocenters.